The fraction of sp³-hybridized carbons (Fsp3) is 0.490. The number of aliphatic hydroxyl groups is 1. The van der Waals surface area contributed by atoms with Crippen molar-refractivity contribution in [3.63, 3.8) is 0 Å². The summed E-state index contributed by atoms with van der Waals surface area (Å²) < 4.78 is 7.93. The summed E-state index contributed by atoms with van der Waals surface area (Å²) in [6, 6.07) is 1.71. The number of nitrogens with two attached hydrogens (primary N) is 5. The van der Waals surface area contributed by atoms with Crippen molar-refractivity contribution in [1.29, 1.82) is 5.41 Å². The van der Waals surface area contributed by atoms with Gasteiger partial charge in [-0.15, -0.1) is 0 Å². The summed E-state index contributed by atoms with van der Waals surface area (Å²) in [5.74, 6) is -21.0. The molecule has 1 unspecified atom stereocenters. The molecule has 48 nitrogen and oxygen atoms in total. The highest BCUT2D eigenvalue weighted by Gasteiger charge is 2.49. The molecule has 8 rings (SSSR count). The van der Waals surface area contributed by atoms with E-state index in [9.17, 15) is 68.1 Å². The first-order chi connectivity index (χ1) is 68.9. The monoisotopic (exact) mass is 2070 g/mol. The van der Waals surface area contributed by atoms with Crippen molar-refractivity contribution in [2.75, 3.05) is 53.0 Å². The van der Waals surface area contributed by atoms with Gasteiger partial charge in [0.1, 0.15) is 96.1 Å². The SMILES string of the molecule is CC(=O)NCCCC[C@@H]1NC(=O)[C@H](Cc2c[nH]c3c(C)cccc23)NC(=O)[C@H]([C@@H](C)O)NC(=O)[C@H](CC(N)=O)NC(=O)[C@@H](NC(=O)C(CCCNC(=N)N)NC(C)=O)C(C)(C)SSC(C)(C)[C@@H](C(=O)N[C@@H](Cc2ccc(OCCN)cc2)C(=O)N[C@@H](Cc2ccc3cc(O)ccc3c2)C(=O)NC2(C(=O)N[C@@H](CCC(=O)O)C(=O)N[C@@H](CC(N)=O)C(=O)N[C@@H](Cc3cccnc3)C(=O)N(C)CC(N)=O)CCOCC2)NC1=O. The average molecular weight is 2070 g/mol. The Morgan fingerprint density at radius 3 is 1.86 bits per heavy atom. The van der Waals surface area contributed by atoms with E-state index in [1.807, 2.05) is 13.0 Å². The largest absolute Gasteiger partial charge is 0.508 e. The second kappa shape index (κ2) is 54.8. The lowest BCUT2D eigenvalue weighted by atomic mass is 9.87. The molecule has 2 aliphatic rings. The van der Waals surface area contributed by atoms with E-state index in [2.05, 4.69) is 89.7 Å². The lowest BCUT2D eigenvalue weighted by Gasteiger charge is -2.39. The fourth-order valence-electron chi connectivity index (χ4n) is 16.3. The van der Waals surface area contributed by atoms with Gasteiger partial charge < -0.3 is 143 Å². The smallest absolute Gasteiger partial charge is 0.303 e. The van der Waals surface area contributed by atoms with E-state index in [1.54, 1.807) is 48.7 Å². The zero-order valence-corrected chi connectivity index (χ0v) is 84.1. The van der Waals surface area contributed by atoms with Gasteiger partial charge in [-0.2, -0.15) is 0 Å². The van der Waals surface area contributed by atoms with Crippen molar-refractivity contribution < 1.29 is 116 Å². The van der Waals surface area contributed by atoms with Crippen LogP contribution in [-0.4, -0.2) is 295 Å². The van der Waals surface area contributed by atoms with Crippen LogP contribution in [0.5, 0.6) is 11.5 Å². The van der Waals surface area contributed by atoms with E-state index < -0.39 is 270 Å². The Hall–Kier alpha value is -14.8. The van der Waals surface area contributed by atoms with E-state index in [0.717, 1.165) is 45.9 Å². The van der Waals surface area contributed by atoms with Crippen LogP contribution in [0.3, 0.4) is 0 Å². The van der Waals surface area contributed by atoms with E-state index in [1.165, 1.54) is 96.5 Å². The second-order valence-corrected chi connectivity index (χ2v) is 40.3. The Balaban J connectivity index is 1.27. The molecule has 2 aromatic heterocycles. The molecule has 0 spiro atoms. The molecule has 4 heterocycles. The Morgan fingerprint density at radius 2 is 1.21 bits per heavy atom. The number of aromatic nitrogens is 2. The van der Waals surface area contributed by atoms with Crippen LogP contribution in [0.15, 0.2) is 110 Å². The number of unbranched alkanes of at least 4 members (excludes halogenated alkanes) is 1. The maximum absolute atomic E-state index is 16.6. The Kier molecular flexibility index (Phi) is 43.7. The molecular formula is C96H132N24O24S2. The maximum Gasteiger partial charge on any atom is 0.303 e. The van der Waals surface area contributed by atoms with Crippen LogP contribution in [0, 0.1) is 12.3 Å². The molecule has 2 aliphatic heterocycles. The molecule has 2 saturated heterocycles. The summed E-state index contributed by atoms with van der Waals surface area (Å²) in [5, 5.41) is 80.8. The standard InChI is InChI=1S/C96H132N24O24S2/c1-50-15-12-17-62-59(48-106-76(50)62)44-68-84(134)108-64(18-10-11-34-104-52(3)122)82(132)118-78(94(5,6)145-146-95(7,8)79(117-81(131)63(107-53(4)123)19-14-35-105-93(101)102)90(140)113-70(46-73(99)126)86(136)116-77(51(2)121)88(138)111-68)89(139)112-66(40-54-21-26-61(27-22-54)144-38-32-97)83(133)109-67(41-55-20-23-58-43-60(124)25-24-57(58)39-55)87(137)119-96(30-36-143-37-31-96)92(142)115-65(28-29-75(128)129)80(130)110-69(45-72(98)125)85(135)114-71(42-56-16-13-33-103-47-56)91(141)120(9)49-74(100)127/h12-13,15-17,20-27,33,39,43,47-48,51,63-71,77-79,106,121,124H,10-11,14,18-19,28-32,34-38,40-42,44-46,49,97H2,1-9H3,(H2,98,125)(H2,99,126)(H2,100,127)(H,104,122)(H,107,123)(H,108,134)(H,109,133)(H,110,130)(H,111,138)(H,112,139)(H,113,140)(H,114,135)(H,115,142)(H,116,136)(H,117,131)(H,118,132)(H,119,137)(H,128,129)(H4,101,102,105)/t51-,63?,64+,65+,66+,67+,68+,69+,70+,71+,77+,78-,79-/m1/s1. The fourth-order valence-corrected chi connectivity index (χ4v) is 19.1. The lowest BCUT2D eigenvalue weighted by molar-refractivity contribution is -0.142. The number of rotatable bonds is 46. The number of nitrogens with one attached hydrogen (secondary N) is 17. The number of amides is 18. The molecular weight excluding hydrogens is 1940 g/mol. The zero-order valence-electron chi connectivity index (χ0n) is 82.5. The molecule has 0 bridgehead atoms. The molecule has 30 N–H and O–H groups in total. The van der Waals surface area contributed by atoms with Crippen molar-refractivity contribution in [3.8, 4) is 11.5 Å². The number of guanidine groups is 1. The molecule has 4 aromatic carbocycles. The van der Waals surface area contributed by atoms with E-state index in [0.29, 0.717) is 49.7 Å². The molecule has 0 radical (unpaired) electrons. The maximum atomic E-state index is 16.6. The summed E-state index contributed by atoms with van der Waals surface area (Å²) in [7, 11) is 2.81. The van der Waals surface area contributed by atoms with Crippen molar-refractivity contribution in [1.82, 2.24) is 94.6 Å². The number of H-pyrrole nitrogens is 1. The van der Waals surface area contributed by atoms with Crippen molar-refractivity contribution in [2.45, 2.75) is 245 Å². The number of para-hydroxylation sites is 1. The van der Waals surface area contributed by atoms with Crippen LogP contribution in [0.2, 0.25) is 0 Å². The van der Waals surface area contributed by atoms with Crippen LogP contribution in [0.25, 0.3) is 21.7 Å². The Morgan fingerprint density at radius 1 is 0.610 bits per heavy atom. The number of aliphatic hydroxyl groups excluding tert-OH is 1. The average Bonchev–Trinajstić information content (AvgIpc) is 1.79. The van der Waals surface area contributed by atoms with Gasteiger partial charge in [-0.25, -0.2) is 0 Å². The summed E-state index contributed by atoms with van der Waals surface area (Å²) in [6.07, 6.45) is -3.50. The first-order valence-electron chi connectivity index (χ1n) is 47.2. The summed E-state index contributed by atoms with van der Waals surface area (Å²) in [5.41, 5.74) is 28.8. The van der Waals surface area contributed by atoms with Crippen molar-refractivity contribution in [2.24, 2.45) is 28.7 Å². The van der Waals surface area contributed by atoms with Gasteiger partial charge in [0.15, 0.2) is 5.96 Å². The van der Waals surface area contributed by atoms with Crippen LogP contribution < -0.4 is 113 Å². The molecule has 2 fully saturated rings. The number of carbonyl (C=O) groups excluding carboxylic acids is 18. The third kappa shape index (κ3) is 35.6. The number of phenolic OH excluding ortho intramolecular Hbond substituents is 1. The summed E-state index contributed by atoms with van der Waals surface area (Å²) >= 11 is 0. The second-order valence-electron chi connectivity index (χ2n) is 36.9. The molecule has 0 aliphatic carbocycles. The van der Waals surface area contributed by atoms with Gasteiger partial charge in [0.25, 0.3) is 0 Å². The lowest BCUT2D eigenvalue weighted by Crippen LogP contribution is -2.67. The highest BCUT2D eigenvalue weighted by atomic mass is 33.1. The van der Waals surface area contributed by atoms with Gasteiger partial charge >= 0.3 is 5.97 Å². The van der Waals surface area contributed by atoms with Gasteiger partial charge in [0, 0.05) is 138 Å². The molecule has 792 valence electrons. The number of aromatic hydroxyl groups is 1. The van der Waals surface area contributed by atoms with Crippen LogP contribution in [0.4, 0.5) is 0 Å². The molecule has 18 amide bonds. The number of primary amides is 3. The third-order valence-corrected chi connectivity index (χ3v) is 28.3. The number of phenols is 1. The number of carboxylic acids is 1. The number of likely N-dealkylation sites (N-methyl/N-ethyl adjacent to an activating group) is 1. The molecule has 13 atom stereocenters. The first kappa shape index (κ1) is 116. The van der Waals surface area contributed by atoms with Crippen LogP contribution in [0.1, 0.15) is 147 Å². The Labute approximate surface area is 849 Å². The van der Waals surface area contributed by atoms with Gasteiger partial charge in [-0.05, 0) is 149 Å². The predicted octanol–water partition coefficient (Wildman–Crippen LogP) is -3.70. The number of hydrogen-bond donors (Lipinski definition) is 25. The first-order valence-corrected chi connectivity index (χ1v) is 49.4. The number of carboxylic acid groups (broad SMARTS) is 1. The van der Waals surface area contributed by atoms with Crippen LogP contribution >= 0.6 is 21.6 Å². The number of pyridine rings is 1. The highest BCUT2D eigenvalue weighted by Crippen LogP contribution is 2.47. The van der Waals surface area contributed by atoms with Gasteiger partial charge in [-0.3, -0.25) is 101 Å². The number of aliphatic carboxylic acids is 1. The van der Waals surface area contributed by atoms with E-state index in [-0.39, 0.29) is 90.2 Å². The minimum Gasteiger partial charge on any atom is -0.508 e. The number of aromatic amines is 1. The predicted molar refractivity (Wildman–Crippen MR) is 536 cm³/mol. The van der Waals surface area contributed by atoms with E-state index in [4.69, 9.17) is 43.6 Å². The Bertz CT molecular complexity index is 5730. The summed E-state index contributed by atoms with van der Waals surface area (Å²) in [4.78, 5) is 284. The molecule has 50 heteroatoms. The molecule has 146 heavy (non-hydrogen) atoms. The quantitative estimate of drug-likeness (QED) is 0.00757. The van der Waals surface area contributed by atoms with Crippen molar-refractivity contribution >= 4 is 162 Å². The highest BCUT2D eigenvalue weighted by molar-refractivity contribution is 8.77. The number of hydrogen-bond acceptors (Lipinski definition) is 28. The van der Waals surface area contributed by atoms with Gasteiger partial charge in [-0.1, -0.05) is 82.3 Å². The number of benzene rings is 4. The summed E-state index contributed by atoms with van der Waals surface area (Å²) in [6.45, 7) is 10.2. The zero-order chi connectivity index (χ0) is 108. The number of ether oxygens (including phenoxy) is 2. The minimum absolute atomic E-state index is 0.0198. The topological polar surface area (TPSA) is 770 Å². The number of carbonyl (C=O) groups is 19. The number of fused-ring (bicyclic) bond motifs is 2. The van der Waals surface area contributed by atoms with E-state index >= 15 is 38.4 Å². The minimum atomic E-state index is -2.17. The number of nitrogens with zero attached hydrogens (tertiary/aromatic N) is 2. The normalized spacial score (nSPS) is 19.0. The number of aryl methyl sites for hydroxylation is 1. The van der Waals surface area contributed by atoms with Gasteiger partial charge in [0.2, 0.25) is 106 Å². The molecule has 0 saturated carbocycles. The van der Waals surface area contributed by atoms with Crippen LogP contribution in [-0.2, 0) is 122 Å². The van der Waals surface area contributed by atoms with Crippen molar-refractivity contribution in [3.05, 3.63) is 137 Å². The van der Waals surface area contributed by atoms with Gasteiger partial charge in [0.05, 0.1) is 25.5 Å². The molecule has 6 aromatic rings. The third-order valence-electron chi connectivity index (χ3n) is 24.1.